The lowest BCUT2D eigenvalue weighted by Crippen LogP contribution is -2.55. The third-order valence-corrected chi connectivity index (χ3v) is 6.60. The molecule has 1 saturated carbocycles. The molecule has 1 aromatic carbocycles. The summed E-state index contributed by atoms with van der Waals surface area (Å²) in [4.78, 5) is 31.9. The number of aromatic nitrogens is 1. The summed E-state index contributed by atoms with van der Waals surface area (Å²) in [5, 5.41) is 12.6. The fourth-order valence-electron chi connectivity index (χ4n) is 5.03. The first-order chi connectivity index (χ1) is 16.7. The highest BCUT2D eigenvalue weighted by Crippen LogP contribution is 2.43. The highest BCUT2D eigenvalue weighted by atomic mass is 16.6. The number of amides is 2. The predicted molar refractivity (Wildman–Crippen MR) is 130 cm³/mol. The molecule has 2 heterocycles. The molecule has 1 aliphatic carbocycles. The number of methoxy groups -OCH3 is 1. The Hall–Kier alpha value is -3.60. The molecule has 2 amide bonds. The number of nitrogens with zero attached hydrogens (tertiary/aromatic N) is 3. The first-order valence-corrected chi connectivity index (χ1v) is 12.0. The number of hydrogen-bond donors (Lipinski definition) is 1. The fourth-order valence-corrected chi connectivity index (χ4v) is 5.03. The summed E-state index contributed by atoms with van der Waals surface area (Å²) in [7, 11) is 1.58. The Morgan fingerprint density at radius 3 is 2.49 bits per heavy atom. The van der Waals surface area contributed by atoms with Crippen LogP contribution in [0.4, 0.5) is 4.79 Å². The van der Waals surface area contributed by atoms with Crippen LogP contribution in [0, 0.1) is 17.2 Å². The zero-order valence-corrected chi connectivity index (χ0v) is 20.7. The lowest BCUT2D eigenvalue weighted by Gasteiger charge is -2.35. The molecule has 1 saturated heterocycles. The second-order valence-electron chi connectivity index (χ2n) is 10.2. The molecule has 4 atom stereocenters. The van der Waals surface area contributed by atoms with E-state index in [-0.39, 0.29) is 17.9 Å². The number of hydrogen-bond acceptors (Lipinski definition) is 6. The third-order valence-electron chi connectivity index (χ3n) is 6.60. The van der Waals surface area contributed by atoms with E-state index in [1.807, 2.05) is 51.1 Å². The lowest BCUT2D eigenvalue weighted by molar-refractivity contribution is -0.128. The zero-order chi connectivity index (χ0) is 25.2. The Kier molecular flexibility index (Phi) is 6.97. The van der Waals surface area contributed by atoms with Crippen LogP contribution in [-0.2, 0) is 16.0 Å². The first kappa shape index (κ1) is 24.5. The SMILES string of the molecule is COc1ccc(-c2ccc(CC(C#N)NC(=O)C3C4CCC(C4)N3C(=O)OC(C)(C)C)cc2)cn1. The monoisotopic (exact) mass is 476 g/mol. The van der Waals surface area contributed by atoms with Crippen LogP contribution < -0.4 is 10.1 Å². The molecule has 184 valence electrons. The molecule has 8 nitrogen and oxygen atoms in total. The van der Waals surface area contributed by atoms with Gasteiger partial charge in [-0.15, -0.1) is 0 Å². The fraction of sp³-hybridized carbons (Fsp3) is 0.481. The highest BCUT2D eigenvalue weighted by molar-refractivity contribution is 5.87. The number of carbonyl (C=O) groups excluding carboxylic acids is 2. The van der Waals surface area contributed by atoms with Gasteiger partial charge < -0.3 is 14.8 Å². The maximum atomic E-state index is 13.2. The topological polar surface area (TPSA) is 105 Å². The molecule has 1 aliphatic heterocycles. The number of nitriles is 1. The Balaban J connectivity index is 1.41. The highest BCUT2D eigenvalue weighted by Gasteiger charge is 2.52. The minimum absolute atomic E-state index is 0.0196. The number of carbonyl (C=O) groups is 2. The molecule has 2 fully saturated rings. The van der Waals surface area contributed by atoms with Gasteiger partial charge in [-0.05, 0) is 63.1 Å². The van der Waals surface area contributed by atoms with Gasteiger partial charge in [0.1, 0.15) is 17.7 Å². The number of rotatable bonds is 6. The van der Waals surface area contributed by atoms with Gasteiger partial charge in [0.2, 0.25) is 11.8 Å². The minimum atomic E-state index is -0.699. The second-order valence-corrected chi connectivity index (χ2v) is 10.2. The van der Waals surface area contributed by atoms with Crippen molar-refractivity contribution in [1.82, 2.24) is 15.2 Å². The smallest absolute Gasteiger partial charge is 0.411 e. The number of benzene rings is 1. The van der Waals surface area contributed by atoms with Crippen molar-refractivity contribution in [3.05, 3.63) is 48.2 Å². The molecule has 2 bridgehead atoms. The van der Waals surface area contributed by atoms with E-state index in [4.69, 9.17) is 9.47 Å². The lowest BCUT2D eigenvalue weighted by atomic mass is 9.97. The van der Waals surface area contributed by atoms with Gasteiger partial charge in [-0.25, -0.2) is 9.78 Å². The van der Waals surface area contributed by atoms with Crippen LogP contribution in [0.2, 0.25) is 0 Å². The van der Waals surface area contributed by atoms with E-state index < -0.39 is 23.8 Å². The maximum absolute atomic E-state index is 13.2. The van der Waals surface area contributed by atoms with Crippen molar-refractivity contribution in [2.75, 3.05) is 7.11 Å². The number of nitrogens with one attached hydrogen (secondary N) is 1. The Labute approximate surface area is 206 Å². The van der Waals surface area contributed by atoms with Crippen LogP contribution >= 0.6 is 0 Å². The van der Waals surface area contributed by atoms with Gasteiger partial charge in [0, 0.05) is 30.3 Å². The summed E-state index contributed by atoms with van der Waals surface area (Å²) in [6.45, 7) is 5.45. The molecule has 2 aliphatic rings. The van der Waals surface area contributed by atoms with Crippen LogP contribution in [0.5, 0.6) is 5.88 Å². The molecule has 35 heavy (non-hydrogen) atoms. The average molecular weight is 477 g/mol. The van der Waals surface area contributed by atoms with Crippen LogP contribution in [0.25, 0.3) is 11.1 Å². The van der Waals surface area contributed by atoms with Crippen LogP contribution in [0.1, 0.15) is 45.6 Å². The van der Waals surface area contributed by atoms with Gasteiger partial charge in [0.25, 0.3) is 0 Å². The van der Waals surface area contributed by atoms with Crippen molar-refractivity contribution < 1.29 is 19.1 Å². The molecule has 1 N–H and O–H groups in total. The molecular weight excluding hydrogens is 444 g/mol. The van der Waals surface area contributed by atoms with E-state index in [0.29, 0.717) is 12.3 Å². The molecule has 4 rings (SSSR count). The van der Waals surface area contributed by atoms with Gasteiger partial charge >= 0.3 is 6.09 Å². The molecule has 2 aromatic rings. The number of ether oxygens (including phenoxy) is 2. The first-order valence-electron chi connectivity index (χ1n) is 12.0. The quantitative estimate of drug-likeness (QED) is 0.673. The van der Waals surface area contributed by atoms with Crippen molar-refractivity contribution in [3.8, 4) is 23.1 Å². The molecule has 0 spiro atoms. The van der Waals surface area contributed by atoms with E-state index in [0.717, 1.165) is 36.0 Å². The van der Waals surface area contributed by atoms with Gasteiger partial charge in [-0.1, -0.05) is 24.3 Å². The third kappa shape index (κ3) is 5.56. The average Bonchev–Trinajstić information content (AvgIpc) is 3.45. The Morgan fingerprint density at radius 1 is 1.17 bits per heavy atom. The van der Waals surface area contributed by atoms with E-state index in [2.05, 4.69) is 16.4 Å². The number of piperidine rings is 1. The van der Waals surface area contributed by atoms with Crippen LogP contribution in [-0.4, -0.2) is 52.7 Å². The Morgan fingerprint density at radius 2 is 1.89 bits per heavy atom. The Bertz CT molecular complexity index is 1100. The molecule has 4 unspecified atom stereocenters. The summed E-state index contributed by atoms with van der Waals surface area (Å²) >= 11 is 0. The van der Waals surface area contributed by atoms with Gasteiger partial charge in [-0.3, -0.25) is 9.69 Å². The number of pyridine rings is 1. The normalized spacial score (nSPS) is 21.8. The number of fused-ring (bicyclic) bond motifs is 2. The standard InChI is InChI=1S/C27H32N4O4/c1-27(2,3)35-26(33)31-22-11-9-19(14-22)24(31)25(32)30-21(15-28)13-17-5-7-18(8-6-17)20-10-12-23(34-4)29-16-20/h5-8,10,12,16,19,21-22,24H,9,11,13-14H2,1-4H3,(H,30,32). The van der Waals surface area contributed by atoms with E-state index >= 15 is 0 Å². The predicted octanol–water partition coefficient (Wildman–Crippen LogP) is 4.10. The van der Waals surface area contributed by atoms with Crippen LogP contribution in [0.3, 0.4) is 0 Å². The summed E-state index contributed by atoms with van der Waals surface area (Å²) in [6, 6.07) is 12.5. The zero-order valence-electron chi connectivity index (χ0n) is 20.7. The van der Waals surface area contributed by atoms with Gasteiger partial charge in [0.05, 0.1) is 13.2 Å². The van der Waals surface area contributed by atoms with Crippen molar-refractivity contribution >= 4 is 12.0 Å². The molecule has 1 aromatic heterocycles. The van der Waals surface area contributed by atoms with Crippen molar-refractivity contribution in [2.24, 2.45) is 5.92 Å². The molecule has 0 radical (unpaired) electrons. The van der Waals surface area contributed by atoms with E-state index in [1.165, 1.54) is 0 Å². The van der Waals surface area contributed by atoms with Gasteiger partial charge in [0.15, 0.2) is 0 Å². The summed E-state index contributed by atoms with van der Waals surface area (Å²) in [6.07, 6.45) is 4.25. The largest absolute Gasteiger partial charge is 0.481 e. The maximum Gasteiger partial charge on any atom is 0.411 e. The van der Waals surface area contributed by atoms with E-state index in [9.17, 15) is 14.9 Å². The van der Waals surface area contributed by atoms with Crippen molar-refractivity contribution in [2.45, 2.75) is 70.2 Å². The summed E-state index contributed by atoms with van der Waals surface area (Å²) in [5.41, 5.74) is 2.25. The summed E-state index contributed by atoms with van der Waals surface area (Å²) in [5.74, 6) is 0.374. The number of likely N-dealkylation sites (tertiary alicyclic amines) is 1. The van der Waals surface area contributed by atoms with Crippen LogP contribution in [0.15, 0.2) is 42.6 Å². The molecular formula is C27H32N4O4. The van der Waals surface area contributed by atoms with Crippen molar-refractivity contribution in [1.29, 1.82) is 5.26 Å². The molecule has 8 heteroatoms. The summed E-state index contributed by atoms with van der Waals surface area (Å²) < 4.78 is 10.7. The minimum Gasteiger partial charge on any atom is -0.481 e. The van der Waals surface area contributed by atoms with Gasteiger partial charge in [-0.2, -0.15) is 5.26 Å². The van der Waals surface area contributed by atoms with E-state index in [1.54, 1.807) is 24.3 Å². The van der Waals surface area contributed by atoms with Crippen molar-refractivity contribution in [3.63, 3.8) is 0 Å². The second kappa shape index (κ2) is 9.95.